The van der Waals surface area contributed by atoms with Crippen molar-refractivity contribution in [2.24, 2.45) is 0 Å². The Hall–Kier alpha value is -2.15. The Morgan fingerprint density at radius 3 is 2.81 bits per heavy atom. The Balaban J connectivity index is 2.02. The summed E-state index contributed by atoms with van der Waals surface area (Å²) in [4.78, 5) is 12.8. The summed E-state index contributed by atoms with van der Waals surface area (Å²) in [5, 5.41) is 7.11. The zero-order valence-corrected chi connectivity index (χ0v) is 12.0. The number of anilines is 1. The molecule has 0 aliphatic rings. The lowest BCUT2D eigenvalue weighted by atomic mass is 10.2. The first kappa shape index (κ1) is 15.2. The molecular weight excluding hydrogens is 298 g/mol. The van der Waals surface area contributed by atoms with Gasteiger partial charge in [-0.3, -0.25) is 0 Å². The topological polar surface area (TPSA) is 50.4 Å². The number of carbonyl (C=O) groups excluding carboxylic acids is 1. The van der Waals surface area contributed by atoms with Crippen molar-refractivity contribution in [2.75, 3.05) is 5.32 Å². The Morgan fingerprint density at radius 2 is 2.14 bits per heavy atom. The number of alkyl halides is 2. The van der Waals surface area contributed by atoms with Crippen LogP contribution in [0, 0.1) is 6.92 Å². The van der Waals surface area contributed by atoms with E-state index >= 15 is 0 Å². The summed E-state index contributed by atoms with van der Waals surface area (Å²) in [7, 11) is 0. The number of hydrogen-bond acceptors (Lipinski definition) is 3. The van der Waals surface area contributed by atoms with Crippen LogP contribution >= 0.6 is 11.3 Å². The fraction of sp³-hybridized carbons (Fsp3) is 0.214. The number of benzene rings is 1. The molecule has 1 aromatic heterocycles. The van der Waals surface area contributed by atoms with Crippen LogP contribution in [-0.4, -0.2) is 12.6 Å². The van der Waals surface area contributed by atoms with Crippen molar-refractivity contribution in [2.45, 2.75) is 20.1 Å². The summed E-state index contributed by atoms with van der Waals surface area (Å²) in [5.74, 6) is -0.0590. The zero-order chi connectivity index (χ0) is 15.2. The Labute approximate surface area is 124 Å². The van der Waals surface area contributed by atoms with Gasteiger partial charge in [-0.05, 0) is 30.0 Å². The predicted molar refractivity (Wildman–Crippen MR) is 78.0 cm³/mol. The number of hydrogen-bond donors (Lipinski definition) is 2. The van der Waals surface area contributed by atoms with E-state index in [9.17, 15) is 13.6 Å². The van der Waals surface area contributed by atoms with Crippen LogP contribution in [0.3, 0.4) is 0 Å². The molecule has 0 aliphatic carbocycles. The molecular formula is C14H14F2N2O2S. The SMILES string of the molecule is Cc1cccc(OC(F)F)c1NC(=O)NCc1cccs1. The Morgan fingerprint density at radius 1 is 1.33 bits per heavy atom. The van der Waals surface area contributed by atoms with Gasteiger partial charge in [-0.1, -0.05) is 18.2 Å². The van der Waals surface area contributed by atoms with E-state index in [0.29, 0.717) is 12.1 Å². The molecule has 0 fully saturated rings. The highest BCUT2D eigenvalue weighted by molar-refractivity contribution is 7.09. The number of amides is 2. The molecule has 2 amide bonds. The van der Waals surface area contributed by atoms with Gasteiger partial charge >= 0.3 is 12.6 Å². The number of carbonyl (C=O) groups is 1. The smallest absolute Gasteiger partial charge is 0.387 e. The highest BCUT2D eigenvalue weighted by Crippen LogP contribution is 2.29. The third kappa shape index (κ3) is 4.42. The molecule has 112 valence electrons. The minimum atomic E-state index is -2.94. The third-order valence-electron chi connectivity index (χ3n) is 2.69. The molecule has 4 nitrogen and oxygen atoms in total. The van der Waals surface area contributed by atoms with Crippen molar-refractivity contribution in [3.05, 3.63) is 46.2 Å². The lowest BCUT2D eigenvalue weighted by Crippen LogP contribution is -2.28. The summed E-state index contributed by atoms with van der Waals surface area (Å²) >= 11 is 1.52. The number of urea groups is 1. The van der Waals surface area contributed by atoms with Gasteiger partial charge < -0.3 is 15.4 Å². The first-order chi connectivity index (χ1) is 10.1. The average Bonchev–Trinajstić information content (AvgIpc) is 2.93. The standard InChI is InChI=1S/C14H14F2N2O2S/c1-9-4-2-6-11(20-13(15)16)12(9)18-14(19)17-8-10-5-3-7-21-10/h2-7,13H,8H2,1H3,(H2,17,18,19). The van der Waals surface area contributed by atoms with Crippen molar-refractivity contribution in [3.63, 3.8) is 0 Å². The molecule has 7 heteroatoms. The molecule has 0 spiro atoms. The van der Waals surface area contributed by atoms with Gasteiger partial charge in [-0.2, -0.15) is 8.78 Å². The molecule has 0 aliphatic heterocycles. The van der Waals surface area contributed by atoms with Gasteiger partial charge in [-0.15, -0.1) is 11.3 Å². The average molecular weight is 312 g/mol. The predicted octanol–water partition coefficient (Wildman–Crippen LogP) is 3.98. The maximum atomic E-state index is 12.4. The highest BCUT2D eigenvalue weighted by atomic mass is 32.1. The van der Waals surface area contributed by atoms with Crippen molar-refractivity contribution < 1.29 is 18.3 Å². The second-order valence-electron chi connectivity index (χ2n) is 4.21. The molecule has 0 saturated carbocycles. The van der Waals surface area contributed by atoms with Gasteiger partial charge in [0.05, 0.1) is 12.2 Å². The third-order valence-corrected chi connectivity index (χ3v) is 3.57. The summed E-state index contributed by atoms with van der Waals surface area (Å²) < 4.78 is 29.1. The molecule has 0 atom stereocenters. The van der Waals surface area contributed by atoms with Crippen LogP contribution in [0.4, 0.5) is 19.3 Å². The normalized spacial score (nSPS) is 10.5. The summed E-state index contributed by atoms with van der Waals surface area (Å²) in [6, 6.07) is 7.97. The first-order valence-corrected chi connectivity index (χ1v) is 7.06. The molecule has 2 rings (SSSR count). The van der Waals surface area contributed by atoms with Crippen molar-refractivity contribution >= 4 is 23.1 Å². The number of halogens is 2. The minimum Gasteiger partial charge on any atom is -0.433 e. The number of nitrogens with one attached hydrogen (secondary N) is 2. The van der Waals surface area contributed by atoms with E-state index in [4.69, 9.17) is 0 Å². The van der Waals surface area contributed by atoms with E-state index in [0.717, 1.165) is 4.88 Å². The van der Waals surface area contributed by atoms with Crippen LogP contribution in [0.5, 0.6) is 5.75 Å². The van der Waals surface area contributed by atoms with E-state index in [1.54, 1.807) is 19.1 Å². The van der Waals surface area contributed by atoms with E-state index in [2.05, 4.69) is 15.4 Å². The summed E-state index contributed by atoms with van der Waals surface area (Å²) in [5.41, 5.74) is 0.876. The fourth-order valence-electron chi connectivity index (χ4n) is 1.73. The molecule has 2 aromatic rings. The van der Waals surface area contributed by atoms with Gasteiger partial charge in [0.15, 0.2) is 0 Å². The minimum absolute atomic E-state index is 0.0590. The van der Waals surface area contributed by atoms with E-state index in [1.165, 1.54) is 17.4 Å². The monoisotopic (exact) mass is 312 g/mol. The second kappa shape index (κ2) is 7.03. The first-order valence-electron chi connectivity index (χ1n) is 6.18. The maximum absolute atomic E-state index is 12.4. The summed E-state index contributed by atoms with van der Waals surface area (Å²) in [6.45, 7) is -0.866. The molecule has 21 heavy (non-hydrogen) atoms. The quantitative estimate of drug-likeness (QED) is 0.877. The van der Waals surface area contributed by atoms with Crippen LogP contribution in [0.15, 0.2) is 35.7 Å². The number of ether oxygens (including phenoxy) is 1. The van der Waals surface area contributed by atoms with Crippen LogP contribution in [-0.2, 0) is 6.54 Å². The molecule has 0 saturated heterocycles. The van der Waals surface area contributed by atoms with Gasteiger partial charge in [-0.25, -0.2) is 4.79 Å². The van der Waals surface area contributed by atoms with Crippen LogP contribution in [0.1, 0.15) is 10.4 Å². The number of aryl methyl sites for hydroxylation is 1. The molecule has 1 heterocycles. The Kier molecular flexibility index (Phi) is 5.10. The van der Waals surface area contributed by atoms with Gasteiger partial charge in [0.2, 0.25) is 0 Å². The largest absolute Gasteiger partial charge is 0.433 e. The highest BCUT2D eigenvalue weighted by Gasteiger charge is 2.13. The zero-order valence-electron chi connectivity index (χ0n) is 11.2. The van der Waals surface area contributed by atoms with Crippen LogP contribution in [0.2, 0.25) is 0 Å². The second-order valence-corrected chi connectivity index (χ2v) is 5.25. The molecule has 0 bridgehead atoms. The Bertz CT molecular complexity index is 603. The summed E-state index contributed by atoms with van der Waals surface area (Å²) in [6.07, 6.45) is 0. The van der Waals surface area contributed by atoms with Crippen molar-refractivity contribution in [3.8, 4) is 5.75 Å². The number of para-hydroxylation sites is 1. The van der Waals surface area contributed by atoms with Gasteiger partial charge in [0.25, 0.3) is 0 Å². The molecule has 2 N–H and O–H groups in total. The fourth-order valence-corrected chi connectivity index (χ4v) is 2.38. The van der Waals surface area contributed by atoms with E-state index < -0.39 is 12.6 Å². The van der Waals surface area contributed by atoms with Gasteiger partial charge in [0.1, 0.15) is 5.75 Å². The molecule has 1 aromatic carbocycles. The van der Waals surface area contributed by atoms with Crippen LogP contribution < -0.4 is 15.4 Å². The lowest BCUT2D eigenvalue weighted by Gasteiger charge is -2.14. The van der Waals surface area contributed by atoms with Crippen molar-refractivity contribution in [1.29, 1.82) is 0 Å². The van der Waals surface area contributed by atoms with E-state index in [1.807, 2.05) is 17.5 Å². The molecule has 0 radical (unpaired) electrons. The maximum Gasteiger partial charge on any atom is 0.387 e. The van der Waals surface area contributed by atoms with E-state index in [-0.39, 0.29) is 11.4 Å². The van der Waals surface area contributed by atoms with Crippen molar-refractivity contribution in [1.82, 2.24) is 5.32 Å². The molecule has 0 unspecified atom stereocenters. The van der Waals surface area contributed by atoms with Gasteiger partial charge in [0, 0.05) is 4.88 Å². The lowest BCUT2D eigenvalue weighted by molar-refractivity contribution is -0.0493. The number of rotatable bonds is 5. The number of thiophene rings is 1. The van der Waals surface area contributed by atoms with Crippen LogP contribution in [0.25, 0.3) is 0 Å².